The quantitative estimate of drug-likeness (QED) is 0.232. The molecule has 0 aromatic rings. The number of rotatable bonds is 9. The van der Waals surface area contributed by atoms with E-state index >= 15 is 0 Å². The SMILES string of the molecule is C=CC[C@@H]1C(=O)C[C@@H](O[Si](C)(C)C(C)(C)C)[C@@H]1C=CCC1CCC=C(O[Si](C)(C)C(C)(C)C)C1. The largest absolute Gasteiger partial charge is 0.547 e. The molecule has 0 aromatic carbocycles. The molecule has 194 valence electrons. The second kappa shape index (κ2) is 11.0. The molecule has 0 aromatic heterocycles. The molecule has 0 amide bonds. The molecule has 0 saturated heterocycles. The van der Waals surface area contributed by atoms with Gasteiger partial charge in [-0.1, -0.05) is 59.8 Å². The zero-order valence-electron chi connectivity index (χ0n) is 23.8. The lowest BCUT2D eigenvalue weighted by molar-refractivity contribution is -0.121. The van der Waals surface area contributed by atoms with E-state index in [1.807, 2.05) is 6.08 Å². The predicted octanol–water partition coefficient (Wildman–Crippen LogP) is 8.81. The van der Waals surface area contributed by atoms with Crippen molar-refractivity contribution in [3.63, 3.8) is 0 Å². The number of hydrogen-bond acceptors (Lipinski definition) is 3. The minimum Gasteiger partial charge on any atom is -0.547 e. The Morgan fingerprint density at radius 3 is 2.18 bits per heavy atom. The van der Waals surface area contributed by atoms with Gasteiger partial charge in [-0.15, -0.1) is 6.58 Å². The lowest BCUT2D eigenvalue weighted by atomic mass is 9.87. The second-order valence-electron chi connectivity index (χ2n) is 13.6. The van der Waals surface area contributed by atoms with E-state index < -0.39 is 16.6 Å². The van der Waals surface area contributed by atoms with Gasteiger partial charge in [0, 0.05) is 24.7 Å². The maximum absolute atomic E-state index is 12.9. The summed E-state index contributed by atoms with van der Waals surface area (Å²) in [7, 11) is -3.74. The number of ketones is 1. The Hall–Kier alpha value is -0.916. The minimum absolute atomic E-state index is 0.00155. The van der Waals surface area contributed by atoms with Crippen LogP contribution in [0.25, 0.3) is 0 Å². The molecule has 5 heteroatoms. The van der Waals surface area contributed by atoms with E-state index in [9.17, 15) is 4.79 Å². The van der Waals surface area contributed by atoms with Gasteiger partial charge in [-0.2, -0.15) is 0 Å². The lowest BCUT2D eigenvalue weighted by Crippen LogP contribution is -2.45. The maximum Gasteiger partial charge on any atom is 0.250 e. The summed E-state index contributed by atoms with van der Waals surface area (Å²) < 4.78 is 13.4. The summed E-state index contributed by atoms with van der Waals surface area (Å²) >= 11 is 0. The van der Waals surface area contributed by atoms with Crippen molar-refractivity contribution in [3.8, 4) is 0 Å². The fourth-order valence-electron chi connectivity index (χ4n) is 4.50. The molecule has 0 spiro atoms. The summed E-state index contributed by atoms with van der Waals surface area (Å²) in [5, 5.41) is 0.352. The molecule has 1 saturated carbocycles. The third-order valence-corrected chi connectivity index (χ3v) is 17.7. The van der Waals surface area contributed by atoms with E-state index in [2.05, 4.69) is 92.5 Å². The summed E-state index contributed by atoms with van der Waals surface area (Å²) in [6.07, 6.45) is 14.5. The zero-order valence-corrected chi connectivity index (χ0v) is 25.8. The van der Waals surface area contributed by atoms with Crippen molar-refractivity contribution in [2.45, 2.75) is 122 Å². The van der Waals surface area contributed by atoms with Gasteiger partial charge in [0.15, 0.2) is 8.32 Å². The average Bonchev–Trinajstić information content (AvgIpc) is 2.94. The van der Waals surface area contributed by atoms with Crippen LogP contribution in [0.5, 0.6) is 0 Å². The van der Waals surface area contributed by atoms with E-state index in [0.717, 1.165) is 25.7 Å². The molecule has 0 N–H and O–H groups in total. The summed E-state index contributed by atoms with van der Waals surface area (Å²) in [5.41, 5.74) is 0. The van der Waals surface area contributed by atoms with Crippen molar-refractivity contribution < 1.29 is 13.6 Å². The van der Waals surface area contributed by atoms with Gasteiger partial charge in [-0.3, -0.25) is 4.79 Å². The molecule has 4 atom stereocenters. The monoisotopic (exact) mass is 504 g/mol. The molecule has 2 rings (SSSR count). The molecule has 3 nitrogen and oxygen atoms in total. The van der Waals surface area contributed by atoms with Gasteiger partial charge in [0.25, 0.3) is 0 Å². The van der Waals surface area contributed by atoms with Crippen molar-refractivity contribution in [1.29, 1.82) is 0 Å². The topological polar surface area (TPSA) is 35.5 Å². The molecule has 34 heavy (non-hydrogen) atoms. The first-order valence-corrected chi connectivity index (χ1v) is 19.2. The Morgan fingerprint density at radius 1 is 1.00 bits per heavy atom. The number of hydrogen-bond donors (Lipinski definition) is 0. The number of allylic oxidation sites excluding steroid dienone is 4. The van der Waals surface area contributed by atoms with Gasteiger partial charge in [-0.05, 0) is 73.9 Å². The molecule has 0 heterocycles. The van der Waals surface area contributed by atoms with Crippen LogP contribution < -0.4 is 0 Å². The average molecular weight is 505 g/mol. The highest BCUT2D eigenvalue weighted by Crippen LogP contribution is 2.43. The lowest BCUT2D eigenvalue weighted by Gasteiger charge is -2.39. The summed E-state index contributed by atoms with van der Waals surface area (Å²) in [6.45, 7) is 26.8. The molecule has 1 unspecified atom stereocenters. The molecule has 0 aliphatic heterocycles. The smallest absolute Gasteiger partial charge is 0.250 e. The van der Waals surface area contributed by atoms with E-state index in [0.29, 0.717) is 18.1 Å². The summed E-state index contributed by atoms with van der Waals surface area (Å²) in [6, 6.07) is 0. The fourth-order valence-corrected chi connectivity index (χ4v) is 6.98. The van der Waals surface area contributed by atoms with Crippen LogP contribution in [-0.2, 0) is 13.6 Å². The van der Waals surface area contributed by atoms with E-state index in [4.69, 9.17) is 8.85 Å². The molecule has 1 fully saturated rings. The van der Waals surface area contributed by atoms with E-state index in [-0.39, 0.29) is 28.0 Å². The van der Waals surface area contributed by atoms with Gasteiger partial charge in [0.05, 0.1) is 11.9 Å². The van der Waals surface area contributed by atoms with Gasteiger partial charge in [-0.25, -0.2) is 0 Å². The molecule has 0 bridgehead atoms. The van der Waals surface area contributed by atoms with Crippen molar-refractivity contribution in [3.05, 3.63) is 36.6 Å². The Morgan fingerprint density at radius 2 is 1.62 bits per heavy atom. The highest BCUT2D eigenvalue weighted by molar-refractivity contribution is 6.74. The minimum atomic E-state index is -1.94. The highest BCUT2D eigenvalue weighted by atomic mass is 28.4. The Bertz CT molecular complexity index is 780. The number of Topliss-reactive ketones (excluding diaryl/α,β-unsaturated/α-hetero) is 1. The van der Waals surface area contributed by atoms with Crippen LogP contribution >= 0.6 is 0 Å². The van der Waals surface area contributed by atoms with Crippen LogP contribution in [0.1, 0.15) is 80.1 Å². The van der Waals surface area contributed by atoms with Crippen LogP contribution in [0.4, 0.5) is 0 Å². The third kappa shape index (κ3) is 7.30. The first-order chi connectivity index (χ1) is 15.5. The normalized spacial score (nSPS) is 27.2. The van der Waals surface area contributed by atoms with Gasteiger partial charge >= 0.3 is 0 Å². The van der Waals surface area contributed by atoms with Crippen molar-refractivity contribution in [2.24, 2.45) is 17.8 Å². The predicted molar refractivity (Wildman–Crippen MR) is 151 cm³/mol. The van der Waals surface area contributed by atoms with Crippen LogP contribution in [-0.4, -0.2) is 28.5 Å². The Labute approximate surface area is 212 Å². The number of carbonyl (C=O) groups excluding carboxylic acids is 1. The third-order valence-electron chi connectivity index (χ3n) is 8.84. The molecule has 2 aliphatic carbocycles. The first kappa shape index (κ1) is 29.3. The molecule has 0 radical (unpaired) electrons. The zero-order chi connectivity index (χ0) is 25.9. The van der Waals surface area contributed by atoms with Crippen molar-refractivity contribution in [2.75, 3.05) is 0 Å². The molecular formula is C29H52O3Si2. The Kier molecular flexibility index (Phi) is 9.49. The second-order valence-corrected chi connectivity index (χ2v) is 23.1. The van der Waals surface area contributed by atoms with Crippen LogP contribution in [0, 0.1) is 17.8 Å². The van der Waals surface area contributed by atoms with Gasteiger partial charge in [0.1, 0.15) is 5.78 Å². The van der Waals surface area contributed by atoms with E-state index in [1.54, 1.807) is 0 Å². The van der Waals surface area contributed by atoms with E-state index in [1.165, 1.54) is 12.2 Å². The molecular weight excluding hydrogens is 452 g/mol. The summed E-state index contributed by atoms with van der Waals surface area (Å²) in [5.74, 6) is 2.31. The molecule has 2 aliphatic rings. The van der Waals surface area contributed by atoms with Gasteiger partial charge in [0.2, 0.25) is 8.32 Å². The maximum atomic E-state index is 12.9. The van der Waals surface area contributed by atoms with Gasteiger partial charge < -0.3 is 8.85 Å². The van der Waals surface area contributed by atoms with Crippen molar-refractivity contribution >= 4 is 22.4 Å². The Balaban J connectivity index is 2.08. The van der Waals surface area contributed by atoms with Crippen LogP contribution in [0.15, 0.2) is 36.6 Å². The summed E-state index contributed by atoms with van der Waals surface area (Å²) in [4.78, 5) is 12.9. The fraction of sp³-hybridized carbons (Fsp3) is 0.759. The first-order valence-electron chi connectivity index (χ1n) is 13.3. The van der Waals surface area contributed by atoms with Crippen LogP contribution in [0.3, 0.4) is 0 Å². The highest BCUT2D eigenvalue weighted by Gasteiger charge is 2.46. The standard InChI is InChI=1S/C29H52O3Si2/c1-12-15-24-25(27(21-26(24)30)32-34(10,11)29(5,6)7)19-14-17-22-16-13-18-23(20-22)31-33(8,9)28(2,3)4/h12,14,18-19,22,24-25,27H,1,13,15-17,20-21H2,2-11H3/t22?,24-,25+,27+/m0/s1. The van der Waals surface area contributed by atoms with Crippen molar-refractivity contribution in [1.82, 2.24) is 0 Å². The van der Waals surface area contributed by atoms with Crippen LogP contribution in [0.2, 0.25) is 36.3 Å². The number of carbonyl (C=O) groups is 1.